The number of nitrogens with two attached hydrogens (primary N) is 1. The Labute approximate surface area is 136 Å². The Morgan fingerprint density at radius 1 is 1.39 bits per heavy atom. The topological polar surface area (TPSA) is 114 Å². The molecule has 0 bridgehead atoms. The van der Waals surface area contributed by atoms with E-state index in [4.69, 9.17) is 5.73 Å². The van der Waals surface area contributed by atoms with Gasteiger partial charge in [-0.15, -0.1) is 0 Å². The molecular weight excluding hydrogens is 314 g/mol. The summed E-state index contributed by atoms with van der Waals surface area (Å²) in [6.45, 7) is 2.50. The fraction of sp³-hybridized carbons (Fsp3) is 0.429. The van der Waals surface area contributed by atoms with Gasteiger partial charge in [0.05, 0.1) is 30.2 Å². The van der Waals surface area contributed by atoms with E-state index in [1.165, 1.54) is 0 Å². The van der Waals surface area contributed by atoms with Crippen LogP contribution < -0.4 is 11.1 Å². The summed E-state index contributed by atoms with van der Waals surface area (Å²) in [4.78, 5) is 13.9. The number of aromatic nitrogens is 5. The van der Waals surface area contributed by atoms with E-state index >= 15 is 0 Å². The zero-order valence-electron chi connectivity index (χ0n) is 12.6. The third-order valence-electron chi connectivity index (χ3n) is 3.94. The second kappa shape index (κ2) is 5.43. The zero-order chi connectivity index (χ0) is 16.0. The van der Waals surface area contributed by atoms with Gasteiger partial charge in [-0.05, 0) is 19.8 Å². The van der Waals surface area contributed by atoms with Gasteiger partial charge in [-0.25, -0.2) is 14.5 Å². The predicted molar refractivity (Wildman–Crippen MR) is 87.4 cm³/mol. The Hall–Kier alpha value is -2.26. The maximum absolute atomic E-state index is 9.43. The molecule has 3 heterocycles. The van der Waals surface area contributed by atoms with Gasteiger partial charge in [-0.2, -0.15) is 10.1 Å². The number of nitrogen functional groups attached to an aromatic ring is 1. The van der Waals surface area contributed by atoms with Crippen molar-refractivity contribution >= 4 is 28.1 Å². The lowest BCUT2D eigenvalue weighted by Gasteiger charge is -2.30. The van der Waals surface area contributed by atoms with Crippen LogP contribution in [-0.4, -0.2) is 35.8 Å². The van der Waals surface area contributed by atoms with E-state index in [-0.39, 0.29) is 18.0 Å². The molecule has 4 rings (SSSR count). The highest BCUT2D eigenvalue weighted by Crippen LogP contribution is 2.36. The highest BCUT2D eigenvalue weighted by molar-refractivity contribution is 7.16. The molecule has 0 amide bonds. The molecule has 120 valence electrons. The third kappa shape index (κ3) is 2.84. The summed E-state index contributed by atoms with van der Waals surface area (Å²) < 4.78 is 1.78. The summed E-state index contributed by atoms with van der Waals surface area (Å²) >= 11 is 1.56. The van der Waals surface area contributed by atoms with Gasteiger partial charge in [0.2, 0.25) is 10.9 Å². The number of fused-ring (bicyclic) bond motifs is 1. The Kier molecular flexibility index (Phi) is 3.38. The summed E-state index contributed by atoms with van der Waals surface area (Å²) in [6, 6.07) is 1.90. The van der Waals surface area contributed by atoms with Crippen LogP contribution in [0.3, 0.4) is 0 Å². The van der Waals surface area contributed by atoms with Crippen LogP contribution in [0.1, 0.15) is 35.2 Å². The van der Waals surface area contributed by atoms with Gasteiger partial charge < -0.3 is 16.2 Å². The van der Waals surface area contributed by atoms with E-state index in [9.17, 15) is 5.11 Å². The normalized spacial score (nSPS) is 20.6. The number of nitrogens with zero attached hydrogens (tertiary/aromatic N) is 5. The number of hydrogen-bond acceptors (Lipinski definition) is 8. The minimum absolute atomic E-state index is 0.220. The van der Waals surface area contributed by atoms with Gasteiger partial charge in [-0.3, -0.25) is 0 Å². The van der Waals surface area contributed by atoms with Gasteiger partial charge in [0.1, 0.15) is 10.8 Å². The van der Waals surface area contributed by atoms with Crippen molar-refractivity contribution in [3.63, 3.8) is 0 Å². The summed E-state index contributed by atoms with van der Waals surface area (Å²) in [7, 11) is 0. The second-order valence-corrected chi connectivity index (χ2v) is 6.95. The summed E-state index contributed by atoms with van der Waals surface area (Å²) in [5, 5.41) is 18.0. The van der Waals surface area contributed by atoms with Crippen LogP contribution in [-0.2, 0) is 6.54 Å². The highest BCUT2D eigenvalue weighted by atomic mass is 32.1. The van der Waals surface area contributed by atoms with E-state index in [1.807, 2.05) is 19.2 Å². The van der Waals surface area contributed by atoms with Gasteiger partial charge in [0.15, 0.2) is 0 Å². The maximum Gasteiger partial charge on any atom is 0.222 e. The van der Waals surface area contributed by atoms with Crippen molar-refractivity contribution in [3.8, 4) is 0 Å². The van der Waals surface area contributed by atoms with E-state index in [2.05, 4.69) is 25.4 Å². The Morgan fingerprint density at radius 3 is 2.96 bits per heavy atom. The van der Waals surface area contributed by atoms with Gasteiger partial charge in [-0.1, -0.05) is 11.3 Å². The number of nitrogens with one attached hydrogen (secondary N) is 1. The molecule has 0 atom stereocenters. The molecule has 8 nitrogen and oxygen atoms in total. The zero-order valence-corrected chi connectivity index (χ0v) is 13.4. The molecule has 0 aliphatic heterocycles. The fourth-order valence-corrected chi connectivity index (χ4v) is 3.47. The van der Waals surface area contributed by atoms with Crippen LogP contribution in [0, 0.1) is 6.92 Å². The number of aryl methyl sites for hydroxylation is 1. The number of aliphatic hydroxyl groups is 1. The molecule has 23 heavy (non-hydrogen) atoms. The molecule has 9 heteroatoms. The first kappa shape index (κ1) is 14.3. The molecule has 1 aliphatic rings. The number of anilines is 2. The molecule has 1 saturated carbocycles. The van der Waals surface area contributed by atoms with Crippen LogP contribution in [0.4, 0.5) is 11.8 Å². The molecule has 0 aromatic carbocycles. The second-order valence-electron chi connectivity index (χ2n) is 5.79. The third-order valence-corrected chi connectivity index (χ3v) is 4.78. The van der Waals surface area contributed by atoms with Crippen molar-refractivity contribution < 1.29 is 5.11 Å². The molecule has 1 aliphatic carbocycles. The standard InChI is InChI=1S/C14H17N7OS/c1-7-20-21-6-9(17-14(21)23-7)5-16-12-4-11(18-13(15)19-12)8-2-10(22)3-8/h4,6,8,10,22H,2-3,5H2,1H3,(H3,15,16,18,19). The minimum atomic E-state index is -0.220. The van der Waals surface area contributed by atoms with E-state index in [0.717, 1.165) is 34.2 Å². The smallest absolute Gasteiger partial charge is 0.222 e. The van der Waals surface area contributed by atoms with Crippen molar-refractivity contribution in [1.82, 2.24) is 24.6 Å². The molecule has 3 aromatic heterocycles. The maximum atomic E-state index is 9.43. The van der Waals surface area contributed by atoms with Crippen molar-refractivity contribution in [3.05, 3.63) is 28.7 Å². The number of aliphatic hydroxyl groups excluding tert-OH is 1. The molecule has 0 spiro atoms. The van der Waals surface area contributed by atoms with Gasteiger partial charge in [0.25, 0.3) is 0 Å². The molecule has 0 unspecified atom stereocenters. The molecular formula is C14H17N7OS. The monoisotopic (exact) mass is 331 g/mol. The minimum Gasteiger partial charge on any atom is -0.393 e. The lowest BCUT2D eigenvalue weighted by Crippen LogP contribution is -2.27. The lowest BCUT2D eigenvalue weighted by atomic mass is 9.80. The van der Waals surface area contributed by atoms with E-state index < -0.39 is 0 Å². The summed E-state index contributed by atoms with van der Waals surface area (Å²) in [5.41, 5.74) is 7.56. The fourth-order valence-electron chi connectivity index (χ4n) is 2.73. The molecule has 3 aromatic rings. The Bertz CT molecular complexity index is 821. The summed E-state index contributed by atoms with van der Waals surface area (Å²) in [5.74, 6) is 1.19. The summed E-state index contributed by atoms with van der Waals surface area (Å²) in [6.07, 6.45) is 3.15. The first-order chi connectivity index (χ1) is 11.1. The number of hydrogen-bond donors (Lipinski definition) is 3. The SMILES string of the molecule is Cc1nn2cc(CNc3cc(C4CC(O)C4)nc(N)n3)nc2s1. The number of imidazole rings is 1. The van der Waals surface area contributed by atoms with Crippen LogP contribution in [0.15, 0.2) is 12.3 Å². The lowest BCUT2D eigenvalue weighted by molar-refractivity contribution is 0.0732. The van der Waals surface area contributed by atoms with E-state index in [1.54, 1.807) is 15.9 Å². The Balaban J connectivity index is 1.48. The van der Waals surface area contributed by atoms with Gasteiger partial charge in [0, 0.05) is 12.0 Å². The first-order valence-corrected chi connectivity index (χ1v) is 8.26. The molecule has 1 fully saturated rings. The van der Waals surface area contributed by atoms with Crippen LogP contribution in [0.5, 0.6) is 0 Å². The largest absolute Gasteiger partial charge is 0.393 e. The molecule has 0 saturated heterocycles. The van der Waals surface area contributed by atoms with Crippen LogP contribution in [0.25, 0.3) is 4.96 Å². The average Bonchev–Trinajstić information content (AvgIpc) is 2.98. The van der Waals surface area contributed by atoms with E-state index in [0.29, 0.717) is 12.4 Å². The Morgan fingerprint density at radius 2 is 2.22 bits per heavy atom. The average molecular weight is 331 g/mol. The van der Waals surface area contributed by atoms with Crippen LogP contribution in [0.2, 0.25) is 0 Å². The van der Waals surface area contributed by atoms with Crippen LogP contribution >= 0.6 is 11.3 Å². The molecule has 0 radical (unpaired) electrons. The molecule has 4 N–H and O–H groups in total. The number of rotatable bonds is 4. The van der Waals surface area contributed by atoms with Crippen molar-refractivity contribution in [2.24, 2.45) is 0 Å². The first-order valence-electron chi connectivity index (χ1n) is 7.45. The highest BCUT2D eigenvalue weighted by Gasteiger charge is 2.30. The van der Waals surface area contributed by atoms with Crippen molar-refractivity contribution in [2.75, 3.05) is 11.1 Å². The van der Waals surface area contributed by atoms with Crippen molar-refractivity contribution in [1.29, 1.82) is 0 Å². The predicted octanol–water partition coefficient (Wildman–Crippen LogP) is 1.32. The van der Waals surface area contributed by atoms with Gasteiger partial charge >= 0.3 is 0 Å². The van der Waals surface area contributed by atoms with Crippen molar-refractivity contribution in [2.45, 2.75) is 38.3 Å². The quantitative estimate of drug-likeness (QED) is 0.660.